The van der Waals surface area contributed by atoms with Crippen molar-refractivity contribution in [2.24, 2.45) is 5.11 Å². The molecule has 1 fully saturated rings. The average Bonchev–Trinajstić information content (AvgIpc) is 2.18. The van der Waals surface area contributed by atoms with Gasteiger partial charge in [-0.1, -0.05) is 5.11 Å². The summed E-state index contributed by atoms with van der Waals surface area (Å²) in [7, 11) is 0. The van der Waals surface area contributed by atoms with Crippen molar-refractivity contribution in [3.63, 3.8) is 0 Å². The second-order valence-corrected chi connectivity index (χ2v) is 1.88. The summed E-state index contributed by atoms with van der Waals surface area (Å²) < 4.78 is 4.81. The lowest BCUT2D eigenvalue weighted by atomic mass is 10.2. The Labute approximate surface area is 51.9 Å². The van der Waals surface area contributed by atoms with Gasteiger partial charge in [0.25, 0.3) is 0 Å². The van der Waals surface area contributed by atoms with E-state index in [0.717, 1.165) is 0 Å². The monoisotopic (exact) mass is 129 g/mol. The van der Waals surface area contributed by atoms with Crippen LogP contribution in [-0.2, 0) is 4.74 Å². The second-order valence-electron chi connectivity index (χ2n) is 1.88. The highest BCUT2D eigenvalue weighted by atomic mass is 16.5. The first-order valence-corrected chi connectivity index (χ1v) is 2.64. The lowest BCUT2D eigenvalue weighted by Gasteiger charge is -2.01. The maximum atomic E-state index is 8.93. The second kappa shape index (κ2) is 2.68. The van der Waals surface area contributed by atoms with Crippen molar-refractivity contribution in [1.29, 1.82) is 0 Å². The predicted molar refractivity (Wildman–Crippen MR) is 29.8 cm³/mol. The Kier molecular flexibility index (Phi) is 1.89. The van der Waals surface area contributed by atoms with E-state index in [4.69, 9.17) is 15.4 Å². The molecule has 0 spiro atoms. The lowest BCUT2D eigenvalue weighted by Crippen LogP contribution is -2.20. The van der Waals surface area contributed by atoms with Crippen molar-refractivity contribution < 1.29 is 9.84 Å². The highest BCUT2D eigenvalue weighted by molar-refractivity contribution is 4.80. The summed E-state index contributed by atoms with van der Waals surface area (Å²) in [6.07, 6.45) is -0.610. The molecule has 0 radical (unpaired) electrons. The van der Waals surface area contributed by atoms with Crippen LogP contribution in [0.5, 0.6) is 0 Å². The summed E-state index contributed by atoms with van der Waals surface area (Å²) in [4.78, 5) is 2.55. The molecule has 0 aromatic carbocycles. The van der Waals surface area contributed by atoms with Crippen LogP contribution in [-0.4, -0.2) is 30.5 Å². The average molecular weight is 129 g/mol. The third-order valence-electron chi connectivity index (χ3n) is 1.22. The van der Waals surface area contributed by atoms with E-state index in [-0.39, 0.29) is 12.6 Å². The number of hydrogen-bond donors (Lipinski definition) is 1. The molecule has 9 heavy (non-hydrogen) atoms. The zero-order valence-corrected chi connectivity index (χ0v) is 4.77. The molecule has 1 rings (SSSR count). The van der Waals surface area contributed by atoms with E-state index >= 15 is 0 Å². The quantitative estimate of drug-likeness (QED) is 0.308. The van der Waals surface area contributed by atoms with Gasteiger partial charge in [-0.3, -0.25) is 0 Å². The Bertz CT molecular complexity index is 143. The van der Waals surface area contributed by atoms with E-state index in [0.29, 0.717) is 6.61 Å². The Morgan fingerprint density at radius 2 is 2.44 bits per heavy atom. The first kappa shape index (κ1) is 6.35. The minimum atomic E-state index is -0.610. The van der Waals surface area contributed by atoms with Crippen LogP contribution in [0.3, 0.4) is 0 Å². The van der Waals surface area contributed by atoms with Crippen LogP contribution in [0.2, 0.25) is 0 Å². The van der Waals surface area contributed by atoms with Crippen LogP contribution in [0.25, 0.3) is 10.4 Å². The molecule has 1 aliphatic heterocycles. The topological polar surface area (TPSA) is 78.2 Å². The molecule has 5 nitrogen and oxygen atoms in total. The molecule has 1 N–H and O–H groups in total. The highest BCUT2D eigenvalue weighted by Crippen LogP contribution is 2.08. The third-order valence-corrected chi connectivity index (χ3v) is 1.22. The zero-order chi connectivity index (χ0) is 6.69. The van der Waals surface area contributed by atoms with Gasteiger partial charge in [0.05, 0.1) is 25.4 Å². The van der Waals surface area contributed by atoms with Gasteiger partial charge in [0.2, 0.25) is 0 Å². The molecule has 2 atom stereocenters. The SMILES string of the molecule is [N-]=[N+]=NC1COCC1O. The van der Waals surface area contributed by atoms with Gasteiger partial charge in [0.15, 0.2) is 0 Å². The molecule has 0 amide bonds. The molecule has 2 unspecified atom stereocenters. The van der Waals surface area contributed by atoms with E-state index in [1.807, 2.05) is 0 Å². The van der Waals surface area contributed by atoms with E-state index in [1.54, 1.807) is 0 Å². The van der Waals surface area contributed by atoms with Crippen LogP contribution in [0.4, 0.5) is 0 Å². The number of ether oxygens (including phenoxy) is 1. The summed E-state index contributed by atoms with van der Waals surface area (Å²) in [6.45, 7) is 0.620. The molecule has 1 saturated heterocycles. The van der Waals surface area contributed by atoms with Gasteiger partial charge >= 0.3 is 0 Å². The van der Waals surface area contributed by atoms with Gasteiger partial charge in [-0.15, -0.1) is 0 Å². The minimum absolute atomic E-state index is 0.281. The Morgan fingerprint density at radius 3 is 2.89 bits per heavy atom. The van der Waals surface area contributed by atoms with Gasteiger partial charge in [-0.25, -0.2) is 0 Å². The summed E-state index contributed by atoms with van der Waals surface area (Å²) >= 11 is 0. The summed E-state index contributed by atoms with van der Waals surface area (Å²) in [6, 6.07) is -0.380. The molecule has 0 aromatic rings. The van der Waals surface area contributed by atoms with Crippen molar-refractivity contribution in [3.8, 4) is 0 Å². The molecule has 1 heterocycles. The van der Waals surface area contributed by atoms with Gasteiger partial charge in [0.1, 0.15) is 0 Å². The van der Waals surface area contributed by atoms with Crippen LogP contribution in [0.15, 0.2) is 5.11 Å². The third kappa shape index (κ3) is 1.32. The minimum Gasteiger partial charge on any atom is -0.390 e. The molecule has 0 aromatic heterocycles. The Balaban J connectivity index is 2.49. The van der Waals surface area contributed by atoms with Crippen molar-refractivity contribution in [3.05, 3.63) is 10.4 Å². The Morgan fingerprint density at radius 1 is 1.67 bits per heavy atom. The fraction of sp³-hybridized carbons (Fsp3) is 1.00. The van der Waals surface area contributed by atoms with E-state index < -0.39 is 6.10 Å². The molecular formula is C4H7N3O2. The van der Waals surface area contributed by atoms with Crippen LogP contribution >= 0.6 is 0 Å². The standard InChI is InChI=1S/C4H7N3O2/c5-7-6-3-1-9-2-4(3)8/h3-4,8H,1-2H2. The number of aliphatic hydroxyl groups is 1. The smallest absolute Gasteiger partial charge is 0.0889 e. The highest BCUT2D eigenvalue weighted by Gasteiger charge is 2.24. The molecule has 0 aliphatic carbocycles. The summed E-state index contributed by atoms with van der Waals surface area (Å²) in [5.74, 6) is 0. The van der Waals surface area contributed by atoms with Gasteiger partial charge in [0, 0.05) is 4.91 Å². The van der Waals surface area contributed by atoms with Crippen LogP contribution < -0.4 is 0 Å². The molecule has 1 aliphatic rings. The van der Waals surface area contributed by atoms with Gasteiger partial charge in [-0.05, 0) is 5.53 Å². The van der Waals surface area contributed by atoms with Crippen molar-refractivity contribution >= 4 is 0 Å². The van der Waals surface area contributed by atoms with Gasteiger partial charge < -0.3 is 9.84 Å². The number of nitrogens with zero attached hydrogens (tertiary/aromatic N) is 3. The fourth-order valence-corrected chi connectivity index (χ4v) is 0.708. The maximum absolute atomic E-state index is 8.93. The molecular weight excluding hydrogens is 122 g/mol. The number of rotatable bonds is 1. The van der Waals surface area contributed by atoms with Crippen LogP contribution in [0, 0.1) is 0 Å². The van der Waals surface area contributed by atoms with Crippen LogP contribution in [0.1, 0.15) is 0 Å². The molecule has 0 bridgehead atoms. The largest absolute Gasteiger partial charge is 0.390 e. The predicted octanol–water partition coefficient (Wildman–Crippen LogP) is 0.0564. The van der Waals surface area contributed by atoms with Gasteiger partial charge in [-0.2, -0.15) is 0 Å². The summed E-state index contributed by atoms with van der Waals surface area (Å²) in [5, 5.41) is 12.2. The lowest BCUT2D eigenvalue weighted by molar-refractivity contribution is 0.125. The number of hydrogen-bond acceptors (Lipinski definition) is 3. The van der Waals surface area contributed by atoms with Crippen molar-refractivity contribution in [2.45, 2.75) is 12.1 Å². The molecule has 5 heteroatoms. The molecule has 0 saturated carbocycles. The van der Waals surface area contributed by atoms with E-state index in [9.17, 15) is 0 Å². The number of aliphatic hydroxyl groups excluding tert-OH is 1. The first-order valence-electron chi connectivity index (χ1n) is 2.64. The normalized spacial score (nSPS) is 33.9. The van der Waals surface area contributed by atoms with E-state index in [2.05, 4.69) is 10.0 Å². The van der Waals surface area contributed by atoms with Crippen molar-refractivity contribution in [2.75, 3.05) is 13.2 Å². The Hall–Kier alpha value is -0.770. The first-order chi connectivity index (χ1) is 4.34. The fourth-order valence-electron chi connectivity index (χ4n) is 0.708. The van der Waals surface area contributed by atoms with Crippen molar-refractivity contribution in [1.82, 2.24) is 0 Å². The number of azide groups is 1. The maximum Gasteiger partial charge on any atom is 0.0889 e. The summed E-state index contributed by atoms with van der Waals surface area (Å²) in [5.41, 5.74) is 7.94. The van der Waals surface area contributed by atoms with E-state index in [1.165, 1.54) is 0 Å². The molecule has 50 valence electrons. The zero-order valence-electron chi connectivity index (χ0n) is 4.77.